The van der Waals surface area contributed by atoms with E-state index in [-0.39, 0.29) is 36.8 Å². The van der Waals surface area contributed by atoms with Gasteiger partial charge in [-0.05, 0) is 38.4 Å². The van der Waals surface area contributed by atoms with Crippen molar-refractivity contribution in [2.24, 2.45) is 0 Å². The average Bonchev–Trinajstić information content (AvgIpc) is 2.90. The number of hydrogen-bond donors (Lipinski definition) is 1. The van der Waals surface area contributed by atoms with Crippen LogP contribution in [0.2, 0.25) is 0 Å². The normalized spacial score (nSPS) is 17.2. The molecule has 19 heavy (non-hydrogen) atoms. The van der Waals surface area contributed by atoms with Gasteiger partial charge < -0.3 is 10.2 Å². The average molecular weight is 306 g/mol. The zero-order valence-electron chi connectivity index (χ0n) is 11.0. The van der Waals surface area contributed by atoms with Crippen LogP contribution in [0.5, 0.6) is 0 Å². The van der Waals surface area contributed by atoms with Gasteiger partial charge in [0.05, 0.1) is 18.3 Å². The summed E-state index contributed by atoms with van der Waals surface area (Å²) in [5, 5.41) is 3.25. The number of nitrogens with zero attached hydrogens (tertiary/aromatic N) is 2. The summed E-state index contributed by atoms with van der Waals surface area (Å²) in [6, 6.07) is 5.81. The van der Waals surface area contributed by atoms with Crippen LogP contribution in [0.25, 0.3) is 0 Å². The first-order valence-electron chi connectivity index (χ1n) is 6.23. The maximum Gasteiger partial charge on any atom is 0.240 e. The first-order chi connectivity index (χ1) is 8.31. The third-order valence-corrected chi connectivity index (χ3v) is 3.13. The van der Waals surface area contributed by atoms with Crippen molar-refractivity contribution in [3.05, 3.63) is 30.1 Å². The van der Waals surface area contributed by atoms with E-state index < -0.39 is 0 Å². The van der Waals surface area contributed by atoms with Gasteiger partial charge in [0, 0.05) is 12.7 Å². The molecule has 1 aromatic heterocycles. The van der Waals surface area contributed by atoms with Crippen LogP contribution in [0.15, 0.2) is 24.4 Å². The third-order valence-electron chi connectivity index (χ3n) is 3.13. The van der Waals surface area contributed by atoms with Crippen molar-refractivity contribution in [1.29, 1.82) is 0 Å². The zero-order chi connectivity index (χ0) is 12.1. The highest BCUT2D eigenvalue weighted by molar-refractivity contribution is 5.85. The van der Waals surface area contributed by atoms with Crippen LogP contribution in [0, 0.1) is 0 Å². The Labute approximate surface area is 126 Å². The quantitative estimate of drug-likeness (QED) is 0.926. The fourth-order valence-corrected chi connectivity index (χ4v) is 2.15. The Morgan fingerprint density at radius 1 is 1.47 bits per heavy atom. The van der Waals surface area contributed by atoms with Gasteiger partial charge in [-0.15, -0.1) is 24.8 Å². The molecule has 1 amide bonds. The summed E-state index contributed by atoms with van der Waals surface area (Å²) in [5.74, 6) is 0.204. The third kappa shape index (κ3) is 4.97. The molecule has 2 rings (SSSR count). The number of amides is 1. The van der Waals surface area contributed by atoms with Crippen LogP contribution in [0.4, 0.5) is 0 Å². The summed E-state index contributed by atoms with van der Waals surface area (Å²) in [5.41, 5.74) is 0.945. The van der Waals surface area contributed by atoms with Crippen molar-refractivity contribution in [3.8, 4) is 0 Å². The minimum atomic E-state index is 0. The number of carbonyl (C=O) groups is 1. The van der Waals surface area contributed by atoms with E-state index in [1.807, 2.05) is 30.0 Å². The summed E-state index contributed by atoms with van der Waals surface area (Å²) < 4.78 is 0. The fourth-order valence-electron chi connectivity index (χ4n) is 2.15. The van der Waals surface area contributed by atoms with Crippen molar-refractivity contribution in [3.63, 3.8) is 0 Å². The molecule has 4 nitrogen and oxygen atoms in total. The molecular formula is C13H21Cl2N3O. The highest BCUT2D eigenvalue weighted by Gasteiger charge is 2.26. The van der Waals surface area contributed by atoms with Crippen molar-refractivity contribution in [1.82, 2.24) is 15.2 Å². The van der Waals surface area contributed by atoms with Crippen LogP contribution in [-0.2, 0) is 11.3 Å². The Kier molecular flexibility index (Phi) is 8.72. The van der Waals surface area contributed by atoms with Gasteiger partial charge >= 0.3 is 0 Å². The summed E-state index contributed by atoms with van der Waals surface area (Å²) in [6.07, 6.45) is 3.82. The number of carbonyl (C=O) groups excluding carboxylic acids is 1. The van der Waals surface area contributed by atoms with Gasteiger partial charge in [0.15, 0.2) is 0 Å². The van der Waals surface area contributed by atoms with Gasteiger partial charge in [-0.1, -0.05) is 6.07 Å². The number of likely N-dealkylation sites (N-methyl/N-ethyl adjacent to an activating group) is 1. The van der Waals surface area contributed by atoms with Crippen LogP contribution >= 0.6 is 24.8 Å². The molecule has 1 fully saturated rings. The van der Waals surface area contributed by atoms with E-state index in [0.717, 1.165) is 31.6 Å². The second-order valence-electron chi connectivity index (χ2n) is 4.32. The first-order valence-corrected chi connectivity index (χ1v) is 6.23. The van der Waals surface area contributed by atoms with Crippen molar-refractivity contribution in [2.45, 2.75) is 32.4 Å². The largest absolute Gasteiger partial charge is 0.336 e. The van der Waals surface area contributed by atoms with Gasteiger partial charge in [-0.3, -0.25) is 9.78 Å². The number of halogens is 2. The second-order valence-corrected chi connectivity index (χ2v) is 4.32. The van der Waals surface area contributed by atoms with Crippen LogP contribution in [-0.4, -0.2) is 34.9 Å². The Morgan fingerprint density at radius 3 is 2.79 bits per heavy atom. The van der Waals surface area contributed by atoms with Crippen LogP contribution in [0.1, 0.15) is 25.5 Å². The van der Waals surface area contributed by atoms with E-state index in [0.29, 0.717) is 6.54 Å². The molecule has 1 saturated heterocycles. The molecule has 1 aliphatic heterocycles. The highest BCUT2D eigenvalue weighted by Crippen LogP contribution is 2.10. The molecule has 6 heteroatoms. The first kappa shape index (κ1) is 18.2. The molecule has 0 radical (unpaired) electrons. The number of hydrogen-bond acceptors (Lipinski definition) is 3. The molecule has 2 heterocycles. The zero-order valence-corrected chi connectivity index (χ0v) is 12.7. The number of nitrogens with one attached hydrogen (secondary N) is 1. The molecule has 0 unspecified atom stereocenters. The highest BCUT2D eigenvalue weighted by atomic mass is 35.5. The monoisotopic (exact) mass is 305 g/mol. The topological polar surface area (TPSA) is 45.2 Å². The van der Waals surface area contributed by atoms with Gasteiger partial charge in [0.25, 0.3) is 0 Å². The lowest BCUT2D eigenvalue weighted by atomic mass is 10.2. The van der Waals surface area contributed by atoms with E-state index in [2.05, 4.69) is 10.3 Å². The van der Waals surface area contributed by atoms with Gasteiger partial charge in [-0.2, -0.15) is 0 Å². The number of rotatable bonds is 4. The van der Waals surface area contributed by atoms with Crippen molar-refractivity contribution < 1.29 is 4.79 Å². The number of aromatic nitrogens is 1. The summed E-state index contributed by atoms with van der Waals surface area (Å²) in [7, 11) is 0. The lowest BCUT2D eigenvalue weighted by Crippen LogP contribution is -2.43. The van der Waals surface area contributed by atoms with Crippen molar-refractivity contribution in [2.75, 3.05) is 13.1 Å². The Morgan fingerprint density at radius 2 is 2.26 bits per heavy atom. The van der Waals surface area contributed by atoms with E-state index in [4.69, 9.17) is 0 Å². The standard InChI is InChI=1S/C13H19N3O.2ClH/c1-2-16(10-11-6-3-4-8-14-11)13(17)12-7-5-9-15-12;;/h3-4,6,8,12,15H,2,5,7,9-10H2,1H3;2*1H/t12-;;/m0../s1. The van der Waals surface area contributed by atoms with E-state index in [1.165, 1.54) is 0 Å². The Balaban J connectivity index is 0.00000162. The summed E-state index contributed by atoms with van der Waals surface area (Å²) >= 11 is 0. The van der Waals surface area contributed by atoms with Gasteiger partial charge in [0.1, 0.15) is 0 Å². The summed E-state index contributed by atoms with van der Waals surface area (Å²) in [6.45, 7) is 4.30. The fraction of sp³-hybridized carbons (Fsp3) is 0.538. The SMILES string of the molecule is CCN(Cc1ccccn1)C(=O)[C@@H]1CCCN1.Cl.Cl. The van der Waals surface area contributed by atoms with Gasteiger partial charge in [0.2, 0.25) is 5.91 Å². The maximum absolute atomic E-state index is 12.2. The molecule has 1 atom stereocenters. The molecule has 1 aliphatic rings. The lowest BCUT2D eigenvalue weighted by Gasteiger charge is -2.23. The molecular weight excluding hydrogens is 285 g/mol. The van der Waals surface area contributed by atoms with E-state index >= 15 is 0 Å². The Hall–Kier alpha value is -0.840. The molecule has 0 aliphatic carbocycles. The van der Waals surface area contributed by atoms with E-state index in [1.54, 1.807) is 6.20 Å². The molecule has 108 valence electrons. The predicted molar refractivity (Wildman–Crippen MR) is 80.8 cm³/mol. The molecule has 0 saturated carbocycles. The number of pyridine rings is 1. The summed E-state index contributed by atoms with van der Waals surface area (Å²) in [4.78, 5) is 18.3. The van der Waals surface area contributed by atoms with Gasteiger partial charge in [-0.25, -0.2) is 0 Å². The van der Waals surface area contributed by atoms with E-state index in [9.17, 15) is 4.79 Å². The molecule has 1 aromatic rings. The van der Waals surface area contributed by atoms with Crippen LogP contribution in [0.3, 0.4) is 0 Å². The molecule has 0 aromatic carbocycles. The second kappa shape index (κ2) is 9.13. The van der Waals surface area contributed by atoms with Crippen LogP contribution < -0.4 is 5.32 Å². The molecule has 1 N–H and O–H groups in total. The predicted octanol–water partition coefficient (Wildman–Crippen LogP) is 2.03. The minimum Gasteiger partial charge on any atom is -0.336 e. The lowest BCUT2D eigenvalue weighted by molar-refractivity contribution is -0.133. The molecule has 0 spiro atoms. The maximum atomic E-state index is 12.2. The van der Waals surface area contributed by atoms with Crippen molar-refractivity contribution >= 4 is 30.7 Å². The smallest absolute Gasteiger partial charge is 0.240 e. The Bertz CT molecular complexity index is 369. The minimum absolute atomic E-state index is 0. The molecule has 0 bridgehead atoms.